The Balaban J connectivity index is 1.51. The van der Waals surface area contributed by atoms with Gasteiger partial charge in [0.05, 0.1) is 12.2 Å². The van der Waals surface area contributed by atoms with E-state index in [1.807, 2.05) is 45.0 Å². The molecule has 1 saturated heterocycles. The Morgan fingerprint density at radius 3 is 2.88 bits per heavy atom. The summed E-state index contributed by atoms with van der Waals surface area (Å²) in [7, 11) is 0. The Morgan fingerprint density at radius 2 is 2.19 bits per heavy atom. The molecule has 1 amide bonds. The van der Waals surface area contributed by atoms with Gasteiger partial charge >= 0.3 is 0 Å². The molecule has 0 saturated carbocycles. The maximum Gasteiger partial charge on any atom is 0.223 e. The van der Waals surface area contributed by atoms with Crippen LogP contribution in [0.5, 0.6) is 5.75 Å². The van der Waals surface area contributed by atoms with E-state index < -0.39 is 5.60 Å². The van der Waals surface area contributed by atoms with Crippen LogP contribution in [-0.2, 0) is 11.2 Å². The van der Waals surface area contributed by atoms with Gasteiger partial charge in [0, 0.05) is 18.5 Å². The summed E-state index contributed by atoms with van der Waals surface area (Å²) >= 11 is 0. The van der Waals surface area contributed by atoms with Gasteiger partial charge in [0.1, 0.15) is 23.7 Å². The lowest BCUT2D eigenvalue weighted by molar-refractivity contribution is -0.131. The molecule has 26 heavy (non-hydrogen) atoms. The zero-order valence-corrected chi connectivity index (χ0v) is 15.6. The average Bonchev–Trinajstić information content (AvgIpc) is 3.15. The van der Waals surface area contributed by atoms with Crippen LogP contribution in [0.4, 0.5) is 0 Å². The van der Waals surface area contributed by atoms with Gasteiger partial charge in [-0.05, 0) is 51.3 Å². The van der Waals surface area contributed by atoms with E-state index in [1.165, 1.54) is 0 Å². The number of amides is 1. The Bertz CT molecular complexity index is 766. The third kappa shape index (κ3) is 4.25. The minimum absolute atomic E-state index is 0.0384. The molecule has 0 radical (unpaired) electrons. The first-order valence-corrected chi connectivity index (χ1v) is 8.98. The quantitative estimate of drug-likeness (QED) is 0.859. The summed E-state index contributed by atoms with van der Waals surface area (Å²) in [5.41, 5.74) is 1.94. The molecule has 1 atom stereocenters. The van der Waals surface area contributed by atoms with Crippen LogP contribution in [0.3, 0.4) is 0 Å². The molecule has 1 aromatic heterocycles. The molecule has 6 nitrogen and oxygen atoms in total. The lowest BCUT2D eigenvalue weighted by Crippen LogP contribution is -2.40. The highest BCUT2D eigenvalue weighted by atomic mass is 16.5. The molecular weight excluding hydrogens is 332 g/mol. The summed E-state index contributed by atoms with van der Waals surface area (Å²) < 4.78 is 10.9. The van der Waals surface area contributed by atoms with Crippen molar-refractivity contribution in [3.05, 3.63) is 46.8 Å². The number of aryl methyl sites for hydroxylation is 3. The first kappa shape index (κ1) is 18.5. The van der Waals surface area contributed by atoms with Gasteiger partial charge < -0.3 is 19.3 Å². The van der Waals surface area contributed by atoms with Crippen molar-refractivity contribution in [3.8, 4) is 5.75 Å². The van der Waals surface area contributed by atoms with Crippen molar-refractivity contribution in [2.24, 2.45) is 0 Å². The maximum absolute atomic E-state index is 12.5. The van der Waals surface area contributed by atoms with Crippen molar-refractivity contribution in [2.45, 2.75) is 45.6 Å². The number of ether oxygens (including phenoxy) is 1. The summed E-state index contributed by atoms with van der Waals surface area (Å²) in [4.78, 5) is 14.2. The van der Waals surface area contributed by atoms with Crippen molar-refractivity contribution >= 4 is 5.91 Å². The number of likely N-dealkylation sites (tertiary alicyclic amines) is 1. The van der Waals surface area contributed by atoms with Crippen molar-refractivity contribution < 1.29 is 19.2 Å². The van der Waals surface area contributed by atoms with Crippen molar-refractivity contribution in [3.63, 3.8) is 0 Å². The molecule has 3 rings (SSSR count). The molecule has 0 spiro atoms. The molecule has 1 aliphatic heterocycles. The second-order valence-corrected chi connectivity index (χ2v) is 7.20. The number of carbonyl (C=O) groups is 1. The second kappa shape index (κ2) is 7.50. The second-order valence-electron chi connectivity index (χ2n) is 7.20. The van der Waals surface area contributed by atoms with Crippen LogP contribution in [0.25, 0.3) is 0 Å². The van der Waals surface area contributed by atoms with Crippen molar-refractivity contribution in [1.82, 2.24) is 10.1 Å². The fourth-order valence-corrected chi connectivity index (χ4v) is 3.36. The highest BCUT2D eigenvalue weighted by molar-refractivity contribution is 5.77. The third-order valence-corrected chi connectivity index (χ3v) is 4.95. The highest BCUT2D eigenvalue weighted by Crippen LogP contribution is 2.24. The minimum atomic E-state index is -0.998. The van der Waals surface area contributed by atoms with Gasteiger partial charge in [-0.15, -0.1) is 0 Å². The normalized spacial score (nSPS) is 19.8. The minimum Gasteiger partial charge on any atom is -0.491 e. The lowest BCUT2D eigenvalue weighted by atomic mass is 10.1. The van der Waals surface area contributed by atoms with Crippen LogP contribution in [0.15, 0.2) is 28.8 Å². The number of carbonyl (C=O) groups excluding carboxylic acids is 1. The Labute approximate surface area is 153 Å². The number of nitrogens with zero attached hydrogens (tertiary/aromatic N) is 2. The molecule has 1 N–H and O–H groups in total. The summed E-state index contributed by atoms with van der Waals surface area (Å²) in [5.74, 6) is 1.54. The smallest absolute Gasteiger partial charge is 0.223 e. The van der Waals surface area contributed by atoms with Crippen LogP contribution in [0, 0.1) is 20.8 Å². The number of aliphatic hydroxyl groups is 1. The number of rotatable bonds is 6. The predicted molar refractivity (Wildman–Crippen MR) is 97.1 cm³/mol. The van der Waals surface area contributed by atoms with Crippen LogP contribution in [-0.4, -0.2) is 46.4 Å². The number of aromatic nitrogens is 1. The average molecular weight is 358 g/mol. The van der Waals surface area contributed by atoms with Crippen molar-refractivity contribution in [1.29, 1.82) is 0 Å². The van der Waals surface area contributed by atoms with E-state index in [0.29, 0.717) is 32.4 Å². The van der Waals surface area contributed by atoms with Gasteiger partial charge in [-0.1, -0.05) is 17.3 Å². The molecular formula is C20H26N2O4. The van der Waals surface area contributed by atoms with Gasteiger partial charge in [-0.2, -0.15) is 0 Å². The van der Waals surface area contributed by atoms with Crippen LogP contribution in [0.1, 0.15) is 35.4 Å². The SMILES string of the molecule is Cc1cccc(OC[C@]2(O)CCN(C(=O)CCc3c(C)noc3C)C2)c1. The Kier molecular flexibility index (Phi) is 5.32. The largest absolute Gasteiger partial charge is 0.491 e. The van der Waals surface area contributed by atoms with E-state index in [9.17, 15) is 9.90 Å². The molecule has 2 aromatic rings. The summed E-state index contributed by atoms with van der Waals surface area (Å²) in [6, 6.07) is 7.73. The third-order valence-electron chi connectivity index (χ3n) is 4.95. The first-order valence-electron chi connectivity index (χ1n) is 8.98. The van der Waals surface area contributed by atoms with E-state index in [0.717, 1.165) is 28.3 Å². The number of benzene rings is 1. The summed E-state index contributed by atoms with van der Waals surface area (Å²) in [5, 5.41) is 14.7. The molecule has 140 valence electrons. The van der Waals surface area contributed by atoms with E-state index in [-0.39, 0.29) is 12.5 Å². The van der Waals surface area contributed by atoms with Gasteiger partial charge in [0.25, 0.3) is 0 Å². The highest BCUT2D eigenvalue weighted by Gasteiger charge is 2.38. The fraction of sp³-hybridized carbons (Fsp3) is 0.500. The maximum atomic E-state index is 12.5. The van der Waals surface area contributed by atoms with E-state index >= 15 is 0 Å². The molecule has 1 aromatic carbocycles. The van der Waals surface area contributed by atoms with Crippen LogP contribution in [0.2, 0.25) is 0 Å². The van der Waals surface area contributed by atoms with Crippen LogP contribution < -0.4 is 4.74 Å². The van der Waals surface area contributed by atoms with Crippen LogP contribution >= 0.6 is 0 Å². The summed E-state index contributed by atoms with van der Waals surface area (Å²) in [6.45, 7) is 6.78. The Hall–Kier alpha value is -2.34. The topological polar surface area (TPSA) is 75.8 Å². The van der Waals surface area contributed by atoms with E-state index in [1.54, 1.807) is 4.90 Å². The standard InChI is InChI=1S/C20H26N2O4/c1-14-5-4-6-17(11-14)25-13-20(24)9-10-22(12-20)19(23)8-7-18-15(2)21-26-16(18)3/h4-6,11,24H,7-10,12-13H2,1-3H3/t20-/m0/s1. The molecule has 0 aliphatic carbocycles. The molecule has 1 aliphatic rings. The van der Waals surface area contributed by atoms with Gasteiger partial charge in [0.15, 0.2) is 0 Å². The fourth-order valence-electron chi connectivity index (χ4n) is 3.36. The summed E-state index contributed by atoms with van der Waals surface area (Å²) in [6.07, 6.45) is 1.52. The van der Waals surface area contributed by atoms with E-state index in [4.69, 9.17) is 9.26 Å². The monoisotopic (exact) mass is 358 g/mol. The molecule has 0 bridgehead atoms. The Morgan fingerprint density at radius 1 is 1.38 bits per heavy atom. The molecule has 2 heterocycles. The number of hydrogen-bond acceptors (Lipinski definition) is 5. The van der Waals surface area contributed by atoms with Gasteiger partial charge in [-0.25, -0.2) is 0 Å². The van der Waals surface area contributed by atoms with E-state index in [2.05, 4.69) is 5.16 Å². The molecule has 6 heteroatoms. The van der Waals surface area contributed by atoms with Gasteiger partial charge in [0.2, 0.25) is 5.91 Å². The first-order chi connectivity index (χ1) is 12.4. The molecule has 1 fully saturated rings. The van der Waals surface area contributed by atoms with Gasteiger partial charge in [-0.3, -0.25) is 4.79 Å². The zero-order valence-electron chi connectivity index (χ0n) is 15.6. The predicted octanol–water partition coefficient (Wildman–Crippen LogP) is 2.57. The lowest BCUT2D eigenvalue weighted by Gasteiger charge is -2.23. The number of β-amino-alcohol motifs (C(OH)–C–C–N with tert-alkyl or cyclic N) is 1. The zero-order chi connectivity index (χ0) is 18.7. The van der Waals surface area contributed by atoms with Crippen molar-refractivity contribution in [2.75, 3.05) is 19.7 Å². The molecule has 0 unspecified atom stereocenters. The number of hydrogen-bond donors (Lipinski definition) is 1.